The first-order valence-electron chi connectivity index (χ1n) is 8.89. The van der Waals surface area contributed by atoms with Crippen molar-refractivity contribution in [2.45, 2.75) is 32.2 Å². The Morgan fingerprint density at radius 1 is 1.14 bits per heavy atom. The standard InChI is InChI=1S/C21H20N4O3S/c1-14-9-10-18(12-22)11-19(14)29(27,28)24-21(26)20-15(2)23-25(16(20)3)13-17-7-5-4-6-8-17/h4-11H,13H2,1-3H3,(H,24,26). The lowest BCUT2D eigenvalue weighted by Crippen LogP contribution is -2.31. The van der Waals surface area contributed by atoms with E-state index >= 15 is 0 Å². The fraction of sp³-hybridized carbons (Fsp3) is 0.190. The molecule has 0 bridgehead atoms. The smallest absolute Gasteiger partial charge is 0.268 e. The predicted molar refractivity (Wildman–Crippen MR) is 108 cm³/mol. The second-order valence-electron chi connectivity index (χ2n) is 6.72. The summed E-state index contributed by atoms with van der Waals surface area (Å²) < 4.78 is 29.3. The molecule has 0 atom stereocenters. The van der Waals surface area contributed by atoms with Crippen LogP contribution in [-0.4, -0.2) is 24.1 Å². The number of hydrogen-bond donors (Lipinski definition) is 1. The quantitative estimate of drug-likeness (QED) is 0.699. The number of carbonyl (C=O) groups is 1. The number of nitrogens with one attached hydrogen (secondary N) is 1. The van der Waals surface area contributed by atoms with Crippen molar-refractivity contribution in [1.29, 1.82) is 5.26 Å². The largest absolute Gasteiger partial charge is 0.268 e. The first-order chi connectivity index (χ1) is 13.7. The van der Waals surface area contributed by atoms with Crippen molar-refractivity contribution in [2.75, 3.05) is 0 Å². The van der Waals surface area contributed by atoms with Gasteiger partial charge in [-0.15, -0.1) is 0 Å². The summed E-state index contributed by atoms with van der Waals surface area (Å²) in [5, 5.41) is 13.4. The summed E-state index contributed by atoms with van der Waals surface area (Å²) in [6.45, 7) is 5.47. The molecular weight excluding hydrogens is 388 g/mol. The molecule has 7 nitrogen and oxygen atoms in total. The maximum absolute atomic E-state index is 12.8. The lowest BCUT2D eigenvalue weighted by Gasteiger charge is -2.10. The molecule has 1 N–H and O–H groups in total. The zero-order valence-corrected chi connectivity index (χ0v) is 17.1. The van der Waals surface area contributed by atoms with Crippen LogP contribution in [0.5, 0.6) is 0 Å². The van der Waals surface area contributed by atoms with Crippen LogP contribution in [0.2, 0.25) is 0 Å². The van der Waals surface area contributed by atoms with Crippen molar-refractivity contribution in [1.82, 2.24) is 14.5 Å². The highest BCUT2D eigenvalue weighted by atomic mass is 32.2. The second-order valence-corrected chi connectivity index (χ2v) is 8.37. The van der Waals surface area contributed by atoms with Gasteiger partial charge < -0.3 is 0 Å². The SMILES string of the molecule is Cc1ccc(C#N)cc1S(=O)(=O)NC(=O)c1c(C)nn(Cc2ccccc2)c1C. The van der Waals surface area contributed by atoms with E-state index in [4.69, 9.17) is 5.26 Å². The molecule has 0 aliphatic carbocycles. The van der Waals surface area contributed by atoms with Crippen molar-refractivity contribution in [3.63, 3.8) is 0 Å². The molecule has 8 heteroatoms. The number of hydrogen-bond acceptors (Lipinski definition) is 5. The molecule has 0 aliphatic rings. The van der Waals surface area contributed by atoms with E-state index in [-0.39, 0.29) is 16.0 Å². The summed E-state index contributed by atoms with van der Waals surface area (Å²) in [4.78, 5) is 12.7. The van der Waals surface area contributed by atoms with Gasteiger partial charge in [-0.1, -0.05) is 36.4 Å². The molecule has 3 aromatic rings. The summed E-state index contributed by atoms with van der Waals surface area (Å²) >= 11 is 0. The Morgan fingerprint density at radius 3 is 2.48 bits per heavy atom. The first kappa shape index (κ1) is 20.3. The second kappa shape index (κ2) is 7.89. The molecule has 148 valence electrons. The summed E-state index contributed by atoms with van der Waals surface area (Å²) in [7, 11) is -4.14. The molecule has 3 rings (SSSR count). The van der Waals surface area contributed by atoms with E-state index in [1.54, 1.807) is 25.5 Å². The Morgan fingerprint density at radius 2 is 1.83 bits per heavy atom. The lowest BCUT2D eigenvalue weighted by molar-refractivity contribution is 0.0980. The summed E-state index contributed by atoms with van der Waals surface area (Å²) in [6, 6.07) is 15.9. The minimum atomic E-state index is -4.14. The zero-order chi connectivity index (χ0) is 21.2. The van der Waals surface area contributed by atoms with Gasteiger partial charge in [-0.25, -0.2) is 13.1 Å². The molecule has 0 radical (unpaired) electrons. The van der Waals surface area contributed by atoms with Gasteiger partial charge in [0, 0.05) is 5.69 Å². The Hall–Kier alpha value is -3.44. The fourth-order valence-corrected chi connectivity index (χ4v) is 4.35. The van der Waals surface area contributed by atoms with E-state index in [0.29, 0.717) is 23.5 Å². The third kappa shape index (κ3) is 4.20. The molecule has 0 fully saturated rings. The van der Waals surface area contributed by atoms with Crippen LogP contribution in [0.4, 0.5) is 0 Å². The van der Waals surface area contributed by atoms with E-state index in [0.717, 1.165) is 5.56 Å². The third-order valence-corrected chi connectivity index (χ3v) is 6.09. The topological polar surface area (TPSA) is 105 Å². The normalized spacial score (nSPS) is 11.1. The number of sulfonamides is 1. The molecule has 1 aromatic heterocycles. The number of benzene rings is 2. The van der Waals surface area contributed by atoms with Crippen LogP contribution >= 0.6 is 0 Å². The van der Waals surface area contributed by atoms with Gasteiger partial charge in [0.15, 0.2) is 0 Å². The summed E-state index contributed by atoms with van der Waals surface area (Å²) in [5.41, 5.74) is 2.89. The molecule has 0 saturated heterocycles. The molecule has 0 unspecified atom stereocenters. The van der Waals surface area contributed by atoms with Crippen LogP contribution in [0.25, 0.3) is 0 Å². The number of nitrogens with zero attached hydrogens (tertiary/aromatic N) is 3. The molecule has 0 saturated carbocycles. The Balaban J connectivity index is 1.91. The van der Waals surface area contributed by atoms with E-state index < -0.39 is 15.9 Å². The molecule has 0 aliphatic heterocycles. The highest BCUT2D eigenvalue weighted by Gasteiger charge is 2.25. The highest BCUT2D eigenvalue weighted by Crippen LogP contribution is 2.19. The average Bonchev–Trinajstić information content (AvgIpc) is 2.95. The number of carbonyl (C=O) groups excluding carboxylic acids is 1. The Bertz CT molecular complexity index is 1220. The van der Waals surface area contributed by atoms with Gasteiger partial charge in [0.05, 0.1) is 34.3 Å². The zero-order valence-electron chi connectivity index (χ0n) is 16.3. The van der Waals surface area contributed by atoms with Crippen molar-refractivity contribution >= 4 is 15.9 Å². The number of rotatable bonds is 5. The van der Waals surface area contributed by atoms with Crippen LogP contribution in [0.3, 0.4) is 0 Å². The van der Waals surface area contributed by atoms with Crippen molar-refractivity contribution in [2.24, 2.45) is 0 Å². The summed E-state index contributed by atoms with van der Waals surface area (Å²) in [6.07, 6.45) is 0. The van der Waals surface area contributed by atoms with Gasteiger partial charge in [-0.2, -0.15) is 10.4 Å². The molecule has 0 spiro atoms. The average molecular weight is 408 g/mol. The first-order valence-corrected chi connectivity index (χ1v) is 10.4. The minimum Gasteiger partial charge on any atom is -0.268 e. The Labute approximate surface area is 169 Å². The number of aryl methyl sites for hydroxylation is 2. The van der Waals surface area contributed by atoms with Crippen LogP contribution in [0.15, 0.2) is 53.4 Å². The fourth-order valence-electron chi connectivity index (χ4n) is 3.12. The highest BCUT2D eigenvalue weighted by molar-refractivity contribution is 7.90. The van der Waals surface area contributed by atoms with Crippen molar-refractivity contribution in [3.05, 3.63) is 82.2 Å². The van der Waals surface area contributed by atoms with Crippen LogP contribution < -0.4 is 4.72 Å². The van der Waals surface area contributed by atoms with Gasteiger partial charge in [-0.05, 0) is 44.0 Å². The number of amides is 1. The van der Waals surface area contributed by atoms with Crippen molar-refractivity contribution < 1.29 is 13.2 Å². The molecular formula is C21H20N4O3S. The number of aromatic nitrogens is 2. The molecule has 1 amide bonds. The van der Waals surface area contributed by atoms with Gasteiger partial charge in [0.2, 0.25) is 0 Å². The summed E-state index contributed by atoms with van der Waals surface area (Å²) in [5.74, 6) is -0.749. The Kier molecular flexibility index (Phi) is 5.52. The third-order valence-electron chi connectivity index (χ3n) is 4.62. The van der Waals surface area contributed by atoms with Gasteiger partial charge in [0.25, 0.3) is 15.9 Å². The van der Waals surface area contributed by atoms with Crippen molar-refractivity contribution in [3.8, 4) is 6.07 Å². The monoisotopic (exact) mass is 408 g/mol. The lowest BCUT2D eigenvalue weighted by atomic mass is 10.2. The van der Waals surface area contributed by atoms with Crippen LogP contribution in [-0.2, 0) is 16.6 Å². The van der Waals surface area contributed by atoms with Gasteiger partial charge >= 0.3 is 0 Å². The maximum atomic E-state index is 12.8. The predicted octanol–water partition coefficient (Wildman–Crippen LogP) is 2.85. The van der Waals surface area contributed by atoms with Crippen LogP contribution in [0, 0.1) is 32.1 Å². The number of nitriles is 1. The van der Waals surface area contributed by atoms with E-state index in [9.17, 15) is 13.2 Å². The van der Waals surface area contributed by atoms with E-state index in [1.165, 1.54) is 18.2 Å². The molecule has 1 heterocycles. The molecule has 2 aromatic carbocycles. The van der Waals surface area contributed by atoms with Crippen LogP contribution in [0.1, 0.15) is 38.4 Å². The van der Waals surface area contributed by atoms with E-state index in [1.807, 2.05) is 36.4 Å². The maximum Gasteiger partial charge on any atom is 0.268 e. The van der Waals surface area contributed by atoms with Gasteiger partial charge in [0.1, 0.15) is 0 Å². The van der Waals surface area contributed by atoms with E-state index in [2.05, 4.69) is 9.82 Å². The minimum absolute atomic E-state index is 0.100. The molecule has 29 heavy (non-hydrogen) atoms. The van der Waals surface area contributed by atoms with Gasteiger partial charge in [-0.3, -0.25) is 9.48 Å².